The number of ether oxygens (including phenoxy) is 1. The van der Waals surface area contributed by atoms with E-state index in [0.29, 0.717) is 47.3 Å². The van der Waals surface area contributed by atoms with Crippen molar-refractivity contribution < 1.29 is 27.1 Å². The van der Waals surface area contributed by atoms with Crippen LogP contribution in [-0.4, -0.2) is 44.6 Å². The molecule has 1 aliphatic heterocycles. The van der Waals surface area contributed by atoms with E-state index in [2.05, 4.69) is 25.1 Å². The summed E-state index contributed by atoms with van der Waals surface area (Å²) in [6, 6.07) is 15.6. The van der Waals surface area contributed by atoms with Crippen molar-refractivity contribution in [2.45, 2.75) is 45.9 Å². The zero-order valence-corrected chi connectivity index (χ0v) is 25.0. The van der Waals surface area contributed by atoms with Gasteiger partial charge in [-0.15, -0.1) is 13.2 Å². The van der Waals surface area contributed by atoms with E-state index in [9.17, 15) is 22.4 Å². The van der Waals surface area contributed by atoms with Gasteiger partial charge in [-0.25, -0.2) is 18.9 Å². The van der Waals surface area contributed by atoms with Crippen LogP contribution in [0.15, 0.2) is 72.0 Å². The molecule has 8 nitrogen and oxygen atoms in total. The quantitative estimate of drug-likeness (QED) is 0.202. The molecule has 0 atom stereocenters. The van der Waals surface area contributed by atoms with Crippen molar-refractivity contribution in [3.05, 3.63) is 95.3 Å². The lowest BCUT2D eigenvalue weighted by Gasteiger charge is -2.24. The van der Waals surface area contributed by atoms with Crippen LogP contribution in [0.25, 0.3) is 5.69 Å². The minimum Gasteiger partial charge on any atom is -0.406 e. The fraction of sp³-hybridized carbons (Fsp3) is 0.290. The Labute approximate surface area is 256 Å². The van der Waals surface area contributed by atoms with Crippen molar-refractivity contribution in [2.75, 3.05) is 22.5 Å². The number of carbonyl (C=O) groups is 1. The largest absolute Gasteiger partial charge is 0.573 e. The third-order valence-corrected chi connectivity index (χ3v) is 7.87. The number of carbonyl (C=O) groups excluding carboxylic acids is 1. The minimum absolute atomic E-state index is 0.105. The van der Waals surface area contributed by atoms with Crippen molar-refractivity contribution in [3.63, 3.8) is 0 Å². The molecule has 4 aromatic rings. The monoisotopic (exact) mass is 626 g/mol. The molecule has 1 aromatic heterocycles. The van der Waals surface area contributed by atoms with Crippen LogP contribution in [-0.2, 0) is 12.8 Å². The molecule has 13 heteroatoms. The number of benzene rings is 3. The first-order chi connectivity index (χ1) is 20.9. The first kappa shape index (κ1) is 31.0. The first-order valence-corrected chi connectivity index (χ1v) is 14.9. The summed E-state index contributed by atoms with van der Waals surface area (Å²) in [6.45, 7) is 6.42. The Kier molecular flexibility index (Phi) is 9.23. The number of aromatic nitrogens is 3. The number of hydrogen-bond acceptors (Lipinski definition) is 5. The standard InChI is InChI=1S/C31H30F4N6O2S/c1-19(2)25-17-26(32)20(3)16-27(25)40-14-15-44-30(40)38-29(42)37-22-7-4-21(5-8-22)6-13-28-36-18-41(39-28)23-9-11-24(12-10-23)43-31(33,34)35/h4-5,7-12,16-19H,6,13-15H2,1-3H3,(H,37,42). The van der Waals surface area contributed by atoms with Gasteiger partial charge in [0.15, 0.2) is 11.0 Å². The van der Waals surface area contributed by atoms with Gasteiger partial charge in [-0.05, 0) is 84.5 Å². The van der Waals surface area contributed by atoms with Crippen molar-refractivity contribution >= 4 is 34.3 Å². The highest BCUT2D eigenvalue weighted by molar-refractivity contribution is 8.14. The molecular formula is C31H30F4N6O2S. The van der Waals surface area contributed by atoms with Crippen LogP contribution in [0.3, 0.4) is 0 Å². The maximum Gasteiger partial charge on any atom is 0.573 e. The molecular weight excluding hydrogens is 596 g/mol. The summed E-state index contributed by atoms with van der Waals surface area (Å²) in [5.41, 5.74) is 4.43. The van der Waals surface area contributed by atoms with Gasteiger partial charge in [0.1, 0.15) is 17.9 Å². The second kappa shape index (κ2) is 13.1. The number of urea groups is 1. The number of nitrogens with one attached hydrogen (secondary N) is 1. The van der Waals surface area contributed by atoms with Gasteiger partial charge in [0.05, 0.1) is 5.69 Å². The van der Waals surface area contributed by atoms with Crippen molar-refractivity contribution in [2.24, 2.45) is 4.99 Å². The van der Waals surface area contributed by atoms with Crippen LogP contribution >= 0.6 is 11.8 Å². The summed E-state index contributed by atoms with van der Waals surface area (Å²) in [7, 11) is 0. The second-order valence-electron chi connectivity index (χ2n) is 10.5. The number of nitrogens with zero attached hydrogens (tertiary/aromatic N) is 5. The normalized spacial score (nSPS) is 14.5. The summed E-state index contributed by atoms with van der Waals surface area (Å²) in [4.78, 5) is 23.4. The van der Waals surface area contributed by atoms with E-state index in [0.717, 1.165) is 22.6 Å². The molecule has 230 valence electrons. The van der Waals surface area contributed by atoms with E-state index in [-0.39, 0.29) is 17.5 Å². The number of halogens is 4. The Morgan fingerprint density at radius 3 is 2.50 bits per heavy atom. The Hall–Kier alpha value is -4.39. The van der Waals surface area contributed by atoms with E-state index < -0.39 is 12.4 Å². The number of rotatable bonds is 8. The number of amides is 2. The Morgan fingerprint density at radius 2 is 1.82 bits per heavy atom. The highest BCUT2D eigenvalue weighted by atomic mass is 32.2. The number of hydrogen-bond donors (Lipinski definition) is 1. The molecule has 0 spiro atoms. The fourth-order valence-electron chi connectivity index (χ4n) is 4.68. The molecule has 1 N–H and O–H groups in total. The predicted molar refractivity (Wildman–Crippen MR) is 163 cm³/mol. The highest BCUT2D eigenvalue weighted by Crippen LogP contribution is 2.34. The second-order valence-corrected chi connectivity index (χ2v) is 11.5. The topological polar surface area (TPSA) is 84.6 Å². The molecule has 1 aliphatic rings. The van der Waals surface area contributed by atoms with Gasteiger partial charge < -0.3 is 15.0 Å². The van der Waals surface area contributed by atoms with Gasteiger partial charge >= 0.3 is 12.4 Å². The number of thioether (sulfide) groups is 1. The maximum atomic E-state index is 14.3. The SMILES string of the molecule is Cc1cc(N2CCSC2=NC(=O)Nc2ccc(CCc3ncn(-c4ccc(OC(F)(F)F)cc4)n3)cc2)c(C(C)C)cc1F. The van der Waals surface area contributed by atoms with Gasteiger partial charge in [0.25, 0.3) is 0 Å². The summed E-state index contributed by atoms with van der Waals surface area (Å²) < 4.78 is 56.8. The molecule has 0 saturated carbocycles. The maximum absolute atomic E-state index is 14.3. The lowest BCUT2D eigenvalue weighted by Crippen LogP contribution is -2.27. The number of amidine groups is 1. The lowest BCUT2D eigenvalue weighted by molar-refractivity contribution is -0.274. The van der Waals surface area contributed by atoms with Gasteiger partial charge in [0, 0.05) is 30.1 Å². The van der Waals surface area contributed by atoms with Gasteiger partial charge in [-0.1, -0.05) is 37.7 Å². The third-order valence-electron chi connectivity index (χ3n) is 6.91. The number of anilines is 2. The Morgan fingerprint density at radius 1 is 1.09 bits per heavy atom. The number of alkyl halides is 3. The van der Waals surface area contributed by atoms with Crippen molar-refractivity contribution in [1.82, 2.24) is 14.8 Å². The fourth-order valence-corrected chi connectivity index (χ4v) is 5.63. The molecule has 2 heterocycles. The molecule has 0 aliphatic carbocycles. The lowest BCUT2D eigenvalue weighted by atomic mass is 9.98. The molecule has 5 rings (SSSR count). The molecule has 2 amide bonds. The van der Waals surface area contributed by atoms with Gasteiger partial charge in [-0.3, -0.25) is 0 Å². The van der Waals surface area contributed by atoms with E-state index >= 15 is 0 Å². The molecule has 0 unspecified atom stereocenters. The molecule has 3 aromatic carbocycles. The number of aliphatic imine (C=N–C) groups is 1. The van der Waals surface area contributed by atoms with E-state index in [1.165, 1.54) is 47.0 Å². The van der Waals surface area contributed by atoms with Crippen LogP contribution in [0.1, 0.15) is 42.3 Å². The van der Waals surface area contributed by atoms with Crippen LogP contribution < -0.4 is 15.0 Å². The van der Waals surface area contributed by atoms with E-state index in [1.54, 1.807) is 25.1 Å². The smallest absolute Gasteiger partial charge is 0.406 e. The first-order valence-electron chi connectivity index (χ1n) is 13.9. The molecule has 0 radical (unpaired) electrons. The van der Waals surface area contributed by atoms with E-state index in [4.69, 9.17) is 0 Å². The average Bonchev–Trinajstić information content (AvgIpc) is 3.63. The molecule has 1 saturated heterocycles. The van der Waals surface area contributed by atoms with Crippen LogP contribution in [0.2, 0.25) is 0 Å². The summed E-state index contributed by atoms with van der Waals surface area (Å²) >= 11 is 1.49. The van der Waals surface area contributed by atoms with Crippen LogP contribution in [0, 0.1) is 12.7 Å². The highest BCUT2D eigenvalue weighted by Gasteiger charge is 2.31. The summed E-state index contributed by atoms with van der Waals surface area (Å²) in [5.74, 6) is 0.888. The predicted octanol–water partition coefficient (Wildman–Crippen LogP) is 7.66. The summed E-state index contributed by atoms with van der Waals surface area (Å²) in [5, 5.41) is 7.79. The van der Waals surface area contributed by atoms with Crippen LogP contribution in [0.5, 0.6) is 5.75 Å². The minimum atomic E-state index is -4.75. The van der Waals surface area contributed by atoms with E-state index in [1.807, 2.05) is 36.9 Å². The zero-order chi connectivity index (χ0) is 31.4. The average molecular weight is 627 g/mol. The van der Waals surface area contributed by atoms with Crippen molar-refractivity contribution in [3.8, 4) is 11.4 Å². The zero-order valence-electron chi connectivity index (χ0n) is 24.2. The molecule has 1 fully saturated rings. The molecule has 0 bridgehead atoms. The molecule has 44 heavy (non-hydrogen) atoms. The Balaban J connectivity index is 1.17. The summed E-state index contributed by atoms with van der Waals surface area (Å²) in [6.07, 6.45) is -2.07. The van der Waals surface area contributed by atoms with Gasteiger partial charge in [0.2, 0.25) is 0 Å². The third kappa shape index (κ3) is 7.76. The van der Waals surface area contributed by atoms with Crippen molar-refractivity contribution in [1.29, 1.82) is 0 Å². The van der Waals surface area contributed by atoms with Crippen LogP contribution in [0.4, 0.5) is 33.7 Å². The number of aryl methyl sites for hydroxylation is 3. The Bertz CT molecular complexity index is 1650. The van der Waals surface area contributed by atoms with Gasteiger partial charge in [-0.2, -0.15) is 10.1 Å².